The lowest BCUT2D eigenvalue weighted by Crippen LogP contribution is -2.19. The first-order chi connectivity index (χ1) is 15.0. The Labute approximate surface area is 190 Å². The second-order valence-electron chi connectivity index (χ2n) is 6.46. The smallest absolute Gasteiger partial charge is 0.273 e. The number of anilines is 1. The Hall–Kier alpha value is -3.22. The minimum atomic E-state index is -0.409. The molecule has 3 rings (SSSR count). The average Bonchev–Trinajstić information content (AvgIpc) is 2.75. The number of amides is 1. The number of rotatable bonds is 8. The second kappa shape index (κ2) is 10.7. The molecule has 0 heterocycles. The number of carbonyl (C=O) groups is 1. The van der Waals surface area contributed by atoms with Gasteiger partial charge < -0.3 is 15.2 Å². The van der Waals surface area contributed by atoms with Crippen molar-refractivity contribution in [2.24, 2.45) is 5.10 Å². The predicted molar refractivity (Wildman–Crippen MR) is 124 cm³/mol. The fourth-order valence-corrected chi connectivity index (χ4v) is 3.13. The van der Waals surface area contributed by atoms with Gasteiger partial charge in [0.25, 0.3) is 5.91 Å². The molecule has 0 unspecified atom stereocenters. The number of carbonyl (C=O) groups excluding carboxylic acids is 1. The Morgan fingerprint density at radius 2 is 1.84 bits per heavy atom. The van der Waals surface area contributed by atoms with Crippen molar-refractivity contribution in [1.82, 2.24) is 5.43 Å². The zero-order valence-electron chi connectivity index (χ0n) is 16.8. The number of halogens is 2. The Balaban J connectivity index is 1.73. The van der Waals surface area contributed by atoms with E-state index in [4.69, 9.17) is 38.4 Å². The molecule has 0 aromatic heterocycles. The van der Waals surface area contributed by atoms with Crippen molar-refractivity contribution in [2.45, 2.75) is 13.5 Å². The quantitative estimate of drug-likeness (QED) is 0.272. The van der Waals surface area contributed by atoms with Gasteiger partial charge in [-0.25, -0.2) is 5.43 Å². The van der Waals surface area contributed by atoms with Crippen LogP contribution in [0.3, 0.4) is 0 Å². The molecule has 0 spiro atoms. The summed E-state index contributed by atoms with van der Waals surface area (Å²) in [6, 6.07) is 17.5. The van der Waals surface area contributed by atoms with E-state index in [1.807, 2.05) is 19.1 Å². The monoisotopic (exact) mass is 457 g/mol. The Bertz CT molecular complexity index is 1090. The third kappa shape index (κ3) is 6.13. The van der Waals surface area contributed by atoms with Crippen LogP contribution in [0, 0.1) is 0 Å². The van der Waals surface area contributed by atoms with Crippen molar-refractivity contribution in [3.05, 3.63) is 87.4 Å². The standard InChI is InChI=1S/C23H21Cl2N3O3/c1-2-30-21-12-16(13-27-28-23(29)18-5-3-4-6-20(18)26)11-19(25)22(21)31-14-15-7-9-17(24)10-8-15/h3-13H,2,14,26H2,1H3,(H,28,29)/b27-13-. The molecule has 6 nitrogen and oxygen atoms in total. The Kier molecular flexibility index (Phi) is 7.76. The number of nitrogens with two attached hydrogens (primary N) is 1. The molecule has 0 aliphatic carbocycles. The molecule has 3 aromatic rings. The summed E-state index contributed by atoms with van der Waals surface area (Å²) in [7, 11) is 0. The number of hydrogen-bond donors (Lipinski definition) is 2. The van der Waals surface area contributed by atoms with E-state index < -0.39 is 5.91 Å². The minimum Gasteiger partial charge on any atom is -0.490 e. The first kappa shape index (κ1) is 22.5. The van der Waals surface area contributed by atoms with E-state index in [0.717, 1.165) is 5.56 Å². The third-order valence-electron chi connectivity index (χ3n) is 4.21. The first-order valence-corrected chi connectivity index (χ1v) is 10.2. The highest BCUT2D eigenvalue weighted by atomic mass is 35.5. The van der Waals surface area contributed by atoms with Gasteiger partial charge in [0.2, 0.25) is 0 Å². The van der Waals surface area contributed by atoms with Crippen LogP contribution < -0.4 is 20.6 Å². The summed E-state index contributed by atoms with van der Waals surface area (Å²) in [4.78, 5) is 12.2. The summed E-state index contributed by atoms with van der Waals surface area (Å²) in [5, 5.41) is 5.00. The second-order valence-corrected chi connectivity index (χ2v) is 7.31. The van der Waals surface area contributed by atoms with Gasteiger partial charge in [-0.3, -0.25) is 4.79 Å². The van der Waals surface area contributed by atoms with Gasteiger partial charge >= 0.3 is 0 Å². The molecule has 0 aliphatic rings. The van der Waals surface area contributed by atoms with Gasteiger partial charge in [0.1, 0.15) is 6.61 Å². The number of hydrogen-bond acceptors (Lipinski definition) is 5. The molecule has 0 radical (unpaired) electrons. The predicted octanol–water partition coefficient (Wildman–Crippen LogP) is 5.32. The molecule has 3 aromatic carbocycles. The molecule has 1 amide bonds. The summed E-state index contributed by atoms with van der Waals surface area (Å²) in [6.45, 7) is 2.60. The molecule has 3 N–H and O–H groups in total. The van der Waals surface area contributed by atoms with E-state index in [-0.39, 0.29) is 0 Å². The highest BCUT2D eigenvalue weighted by molar-refractivity contribution is 6.32. The van der Waals surface area contributed by atoms with E-state index in [1.54, 1.807) is 48.5 Å². The number of hydrazone groups is 1. The summed E-state index contributed by atoms with van der Waals surface area (Å²) in [5.74, 6) is 0.495. The van der Waals surface area contributed by atoms with Crippen LogP contribution in [0.1, 0.15) is 28.4 Å². The van der Waals surface area contributed by atoms with Crippen molar-refractivity contribution in [2.75, 3.05) is 12.3 Å². The van der Waals surface area contributed by atoms with Gasteiger partial charge in [-0.2, -0.15) is 5.10 Å². The van der Waals surface area contributed by atoms with Crippen molar-refractivity contribution in [3.63, 3.8) is 0 Å². The maximum Gasteiger partial charge on any atom is 0.273 e. The molecule has 8 heteroatoms. The zero-order valence-corrected chi connectivity index (χ0v) is 18.3. The lowest BCUT2D eigenvalue weighted by Gasteiger charge is -2.14. The number of nitrogens with zero attached hydrogens (tertiary/aromatic N) is 1. The Morgan fingerprint density at radius 1 is 1.10 bits per heavy atom. The fraction of sp³-hybridized carbons (Fsp3) is 0.130. The van der Waals surface area contributed by atoms with Crippen molar-refractivity contribution in [1.29, 1.82) is 0 Å². The molecule has 0 saturated heterocycles. The minimum absolute atomic E-state index is 0.305. The van der Waals surface area contributed by atoms with Gasteiger partial charge in [-0.1, -0.05) is 47.5 Å². The molecule has 0 atom stereocenters. The van der Waals surface area contributed by atoms with Crippen LogP contribution in [-0.2, 0) is 6.61 Å². The van der Waals surface area contributed by atoms with Gasteiger partial charge in [-0.15, -0.1) is 0 Å². The van der Waals surface area contributed by atoms with Gasteiger partial charge in [0.15, 0.2) is 11.5 Å². The van der Waals surface area contributed by atoms with Gasteiger partial charge in [0.05, 0.1) is 23.4 Å². The van der Waals surface area contributed by atoms with Gasteiger partial charge in [0, 0.05) is 10.7 Å². The maximum absolute atomic E-state index is 12.2. The van der Waals surface area contributed by atoms with E-state index in [1.165, 1.54) is 6.21 Å². The Morgan fingerprint density at radius 3 is 2.55 bits per heavy atom. The summed E-state index contributed by atoms with van der Waals surface area (Å²) >= 11 is 12.3. The number of nitrogens with one attached hydrogen (secondary N) is 1. The van der Waals surface area contributed by atoms with E-state index in [2.05, 4.69) is 10.5 Å². The largest absolute Gasteiger partial charge is 0.490 e. The molecular formula is C23H21Cl2N3O3. The number of benzene rings is 3. The lowest BCUT2D eigenvalue weighted by atomic mass is 10.2. The third-order valence-corrected chi connectivity index (χ3v) is 4.75. The average molecular weight is 458 g/mol. The summed E-state index contributed by atoms with van der Waals surface area (Å²) in [6.07, 6.45) is 1.47. The highest BCUT2D eigenvalue weighted by Gasteiger charge is 2.13. The molecule has 0 bridgehead atoms. The van der Waals surface area contributed by atoms with E-state index in [0.29, 0.717) is 51.6 Å². The summed E-state index contributed by atoms with van der Waals surface area (Å²) in [5.41, 5.74) is 10.5. The van der Waals surface area contributed by atoms with Gasteiger partial charge in [-0.05, 0) is 54.4 Å². The number of ether oxygens (including phenoxy) is 2. The molecule has 0 saturated carbocycles. The molecule has 31 heavy (non-hydrogen) atoms. The highest BCUT2D eigenvalue weighted by Crippen LogP contribution is 2.37. The van der Waals surface area contributed by atoms with Crippen LogP contribution in [0.25, 0.3) is 0 Å². The summed E-state index contributed by atoms with van der Waals surface area (Å²) < 4.78 is 11.6. The van der Waals surface area contributed by atoms with Crippen LogP contribution in [0.15, 0.2) is 65.8 Å². The lowest BCUT2D eigenvalue weighted by molar-refractivity contribution is 0.0956. The number of para-hydroxylation sites is 1. The molecule has 0 aliphatic heterocycles. The first-order valence-electron chi connectivity index (χ1n) is 9.49. The molecular weight excluding hydrogens is 437 g/mol. The molecule has 0 fully saturated rings. The van der Waals surface area contributed by atoms with Crippen LogP contribution in [0.4, 0.5) is 5.69 Å². The van der Waals surface area contributed by atoms with Crippen LogP contribution in [0.5, 0.6) is 11.5 Å². The van der Waals surface area contributed by atoms with Crippen molar-refractivity contribution >= 4 is 41.0 Å². The fourth-order valence-electron chi connectivity index (χ4n) is 2.73. The maximum atomic E-state index is 12.2. The zero-order chi connectivity index (χ0) is 22.2. The van der Waals surface area contributed by atoms with Crippen LogP contribution >= 0.6 is 23.2 Å². The van der Waals surface area contributed by atoms with Crippen LogP contribution in [-0.4, -0.2) is 18.7 Å². The topological polar surface area (TPSA) is 85.9 Å². The van der Waals surface area contributed by atoms with Crippen molar-refractivity contribution < 1.29 is 14.3 Å². The number of nitrogen functional groups attached to an aromatic ring is 1. The normalized spacial score (nSPS) is 10.8. The van der Waals surface area contributed by atoms with Crippen molar-refractivity contribution in [3.8, 4) is 11.5 Å². The SMILES string of the molecule is CCOc1cc(/C=N\NC(=O)c2ccccc2N)cc(Cl)c1OCc1ccc(Cl)cc1. The van der Waals surface area contributed by atoms with Crippen LogP contribution in [0.2, 0.25) is 10.0 Å². The van der Waals surface area contributed by atoms with E-state index >= 15 is 0 Å². The molecule has 160 valence electrons. The van der Waals surface area contributed by atoms with E-state index in [9.17, 15) is 4.79 Å².